The molecule has 0 N–H and O–H groups in total. The van der Waals surface area contributed by atoms with Crippen LogP contribution in [0.2, 0.25) is 0 Å². The molecule has 0 fully saturated rings. The average molecular weight is 140 g/mol. The standard InChI is InChI=1S/C7H5FO2/c1-4-3-9-7-5(4)2-6(8)10-7/h2-3H,1H3. The molecule has 0 saturated carbocycles. The van der Waals surface area contributed by atoms with E-state index in [9.17, 15) is 4.39 Å². The molecule has 0 amide bonds. The number of aryl methyl sites for hydroxylation is 1. The molecular weight excluding hydrogens is 135 g/mol. The van der Waals surface area contributed by atoms with Gasteiger partial charge < -0.3 is 8.83 Å². The molecule has 2 heterocycles. The highest BCUT2D eigenvalue weighted by Gasteiger charge is 2.07. The van der Waals surface area contributed by atoms with Crippen LogP contribution in [0.4, 0.5) is 4.39 Å². The van der Waals surface area contributed by atoms with Crippen molar-refractivity contribution in [3.63, 3.8) is 0 Å². The second-order valence-electron chi connectivity index (χ2n) is 2.17. The van der Waals surface area contributed by atoms with Gasteiger partial charge in [-0.05, 0) is 12.5 Å². The summed E-state index contributed by atoms with van der Waals surface area (Å²) in [6, 6.07) is 0.714. The minimum Gasteiger partial charge on any atom is -0.433 e. The summed E-state index contributed by atoms with van der Waals surface area (Å²) in [7, 11) is 0. The first-order chi connectivity index (χ1) is 4.77. The highest BCUT2D eigenvalue weighted by molar-refractivity contribution is 5.75. The SMILES string of the molecule is Cc1coc2oc(F)cc12. The van der Waals surface area contributed by atoms with E-state index in [1.165, 1.54) is 12.3 Å². The normalized spacial score (nSPS) is 11.0. The first-order valence-electron chi connectivity index (χ1n) is 2.90. The Morgan fingerprint density at radius 1 is 1.50 bits per heavy atom. The monoisotopic (exact) mass is 140 g/mol. The van der Waals surface area contributed by atoms with Gasteiger partial charge in [0.2, 0.25) is 0 Å². The van der Waals surface area contributed by atoms with Crippen LogP contribution in [0.3, 0.4) is 0 Å². The Kier molecular flexibility index (Phi) is 0.897. The van der Waals surface area contributed by atoms with Gasteiger partial charge in [-0.15, -0.1) is 0 Å². The van der Waals surface area contributed by atoms with Crippen molar-refractivity contribution in [3.8, 4) is 0 Å². The average Bonchev–Trinajstić information content (AvgIpc) is 2.35. The fourth-order valence-electron chi connectivity index (χ4n) is 0.913. The van der Waals surface area contributed by atoms with Gasteiger partial charge in [-0.3, -0.25) is 0 Å². The molecule has 0 saturated heterocycles. The lowest BCUT2D eigenvalue weighted by Crippen LogP contribution is -1.59. The van der Waals surface area contributed by atoms with Crippen LogP contribution in [0, 0.1) is 12.9 Å². The summed E-state index contributed by atoms with van der Waals surface area (Å²) in [5.74, 6) is 0.259. The predicted octanol–water partition coefficient (Wildman–Crippen LogP) is 2.47. The van der Waals surface area contributed by atoms with Crippen molar-refractivity contribution in [1.29, 1.82) is 0 Å². The van der Waals surface area contributed by atoms with E-state index in [1.54, 1.807) is 0 Å². The predicted molar refractivity (Wildman–Crippen MR) is 33.2 cm³/mol. The molecule has 0 aromatic carbocycles. The maximum atomic E-state index is 12.3. The topological polar surface area (TPSA) is 26.3 Å². The zero-order valence-corrected chi connectivity index (χ0v) is 5.35. The minimum atomic E-state index is -0.600. The van der Waals surface area contributed by atoms with E-state index in [1.807, 2.05) is 6.92 Å². The lowest BCUT2D eigenvalue weighted by Gasteiger charge is -1.72. The van der Waals surface area contributed by atoms with Gasteiger partial charge in [-0.1, -0.05) is 0 Å². The van der Waals surface area contributed by atoms with E-state index in [-0.39, 0.29) is 5.78 Å². The first kappa shape index (κ1) is 5.53. The molecule has 0 aliphatic heterocycles. The first-order valence-corrected chi connectivity index (χ1v) is 2.90. The van der Waals surface area contributed by atoms with Crippen molar-refractivity contribution >= 4 is 11.2 Å². The van der Waals surface area contributed by atoms with Crippen LogP contribution in [0.25, 0.3) is 11.2 Å². The van der Waals surface area contributed by atoms with Gasteiger partial charge in [0.15, 0.2) is 0 Å². The number of fused-ring (bicyclic) bond motifs is 1. The van der Waals surface area contributed by atoms with E-state index in [0.717, 1.165) is 5.56 Å². The molecule has 2 aromatic rings. The number of furan rings is 2. The van der Waals surface area contributed by atoms with Crippen LogP contribution in [0.15, 0.2) is 21.2 Å². The minimum absolute atomic E-state index is 0.259. The van der Waals surface area contributed by atoms with Crippen molar-refractivity contribution in [2.24, 2.45) is 0 Å². The molecule has 2 nitrogen and oxygen atoms in total. The van der Waals surface area contributed by atoms with E-state index in [2.05, 4.69) is 4.42 Å². The molecular formula is C7H5FO2. The van der Waals surface area contributed by atoms with E-state index < -0.39 is 6.01 Å². The van der Waals surface area contributed by atoms with Crippen LogP contribution in [0.5, 0.6) is 0 Å². The quantitative estimate of drug-likeness (QED) is 0.561. The zero-order valence-electron chi connectivity index (χ0n) is 5.35. The highest BCUT2D eigenvalue weighted by Crippen LogP contribution is 2.22. The van der Waals surface area contributed by atoms with Gasteiger partial charge in [-0.2, -0.15) is 4.39 Å². The third-order valence-corrected chi connectivity index (χ3v) is 1.44. The maximum Gasteiger partial charge on any atom is 0.299 e. The van der Waals surface area contributed by atoms with Crippen molar-refractivity contribution in [2.75, 3.05) is 0 Å². The molecule has 0 bridgehead atoms. The molecule has 2 rings (SSSR count). The summed E-state index contributed by atoms with van der Waals surface area (Å²) in [4.78, 5) is 0. The van der Waals surface area contributed by atoms with Crippen LogP contribution in [-0.2, 0) is 0 Å². The lowest BCUT2D eigenvalue weighted by atomic mass is 10.3. The fourth-order valence-corrected chi connectivity index (χ4v) is 0.913. The smallest absolute Gasteiger partial charge is 0.299 e. The third-order valence-electron chi connectivity index (χ3n) is 1.44. The Morgan fingerprint density at radius 3 is 3.00 bits per heavy atom. The summed E-state index contributed by atoms with van der Waals surface area (Å²) < 4.78 is 21.7. The summed E-state index contributed by atoms with van der Waals surface area (Å²) in [5, 5.41) is 0.706. The Hall–Kier alpha value is -1.25. The molecule has 0 aliphatic carbocycles. The van der Waals surface area contributed by atoms with E-state index in [4.69, 9.17) is 4.42 Å². The molecule has 2 aromatic heterocycles. The Bertz CT molecular complexity index is 358. The highest BCUT2D eigenvalue weighted by atomic mass is 19.1. The van der Waals surface area contributed by atoms with Crippen molar-refractivity contribution in [3.05, 3.63) is 23.9 Å². The molecule has 10 heavy (non-hydrogen) atoms. The number of halogens is 1. The van der Waals surface area contributed by atoms with Crippen LogP contribution >= 0.6 is 0 Å². The largest absolute Gasteiger partial charge is 0.433 e. The van der Waals surface area contributed by atoms with Crippen molar-refractivity contribution < 1.29 is 13.2 Å². The van der Waals surface area contributed by atoms with Gasteiger partial charge in [-0.25, -0.2) is 0 Å². The third kappa shape index (κ3) is 0.572. The lowest BCUT2D eigenvalue weighted by molar-refractivity contribution is 0.345. The Balaban J connectivity index is 2.90. The van der Waals surface area contributed by atoms with Crippen LogP contribution in [-0.4, -0.2) is 0 Å². The molecule has 0 spiro atoms. The Labute approximate surface area is 56.2 Å². The molecule has 0 aliphatic rings. The van der Waals surface area contributed by atoms with Gasteiger partial charge >= 0.3 is 0 Å². The molecule has 0 atom stereocenters. The number of rotatable bonds is 0. The van der Waals surface area contributed by atoms with Gasteiger partial charge in [0.1, 0.15) is 0 Å². The van der Waals surface area contributed by atoms with Gasteiger partial charge in [0, 0.05) is 6.07 Å². The van der Waals surface area contributed by atoms with Gasteiger partial charge in [0.05, 0.1) is 11.6 Å². The number of hydrogen-bond donors (Lipinski definition) is 0. The van der Waals surface area contributed by atoms with Crippen molar-refractivity contribution in [2.45, 2.75) is 6.92 Å². The van der Waals surface area contributed by atoms with Crippen molar-refractivity contribution in [1.82, 2.24) is 0 Å². The molecule has 0 unspecified atom stereocenters. The van der Waals surface area contributed by atoms with Crippen LogP contribution < -0.4 is 0 Å². The molecule has 0 radical (unpaired) electrons. The summed E-state index contributed by atoms with van der Waals surface area (Å²) in [6.07, 6.45) is 1.54. The maximum absolute atomic E-state index is 12.3. The zero-order chi connectivity index (χ0) is 7.14. The second-order valence-corrected chi connectivity index (χ2v) is 2.17. The summed E-state index contributed by atoms with van der Waals surface area (Å²) in [6.45, 7) is 1.83. The van der Waals surface area contributed by atoms with E-state index in [0.29, 0.717) is 5.39 Å². The van der Waals surface area contributed by atoms with E-state index >= 15 is 0 Å². The fraction of sp³-hybridized carbons (Fsp3) is 0.143. The van der Waals surface area contributed by atoms with Gasteiger partial charge in [0.25, 0.3) is 11.8 Å². The Morgan fingerprint density at radius 2 is 2.30 bits per heavy atom. The molecule has 52 valence electrons. The second kappa shape index (κ2) is 1.62. The summed E-state index contributed by atoms with van der Waals surface area (Å²) >= 11 is 0. The number of hydrogen-bond acceptors (Lipinski definition) is 2. The molecule has 3 heteroatoms. The van der Waals surface area contributed by atoms with Crippen LogP contribution in [0.1, 0.15) is 5.56 Å². The summed E-state index contributed by atoms with van der Waals surface area (Å²) in [5.41, 5.74) is 0.891.